The molecule has 0 fully saturated rings. The Morgan fingerprint density at radius 3 is 2.06 bits per heavy atom. The van der Waals surface area contributed by atoms with E-state index in [1.54, 1.807) is 0 Å². The second-order valence-electron chi connectivity index (χ2n) is 4.61. The van der Waals surface area contributed by atoms with Gasteiger partial charge in [0.2, 0.25) is 0 Å². The summed E-state index contributed by atoms with van der Waals surface area (Å²) in [5.74, 6) is 1.66. The summed E-state index contributed by atoms with van der Waals surface area (Å²) in [4.78, 5) is 0. The zero-order valence-electron chi connectivity index (χ0n) is 12.2. The van der Waals surface area contributed by atoms with Gasteiger partial charge in [-0.25, -0.2) is 0 Å². The van der Waals surface area contributed by atoms with Gasteiger partial charge < -0.3 is 10.1 Å². The van der Waals surface area contributed by atoms with Gasteiger partial charge in [0.1, 0.15) is 5.75 Å². The number of nitrogens with one attached hydrogen (secondary N) is 1. The van der Waals surface area contributed by atoms with E-state index in [2.05, 4.69) is 50.4 Å². The Labute approximate surface area is 112 Å². The molecule has 0 saturated carbocycles. The van der Waals surface area contributed by atoms with E-state index in [0.717, 1.165) is 18.9 Å². The third-order valence-electron chi connectivity index (χ3n) is 3.49. The lowest BCUT2D eigenvalue weighted by Gasteiger charge is -2.26. The molecule has 1 aromatic rings. The van der Waals surface area contributed by atoms with E-state index < -0.39 is 0 Å². The van der Waals surface area contributed by atoms with Crippen molar-refractivity contribution >= 4 is 0 Å². The first-order valence-corrected chi connectivity index (χ1v) is 7.22. The second kappa shape index (κ2) is 8.15. The van der Waals surface area contributed by atoms with Crippen molar-refractivity contribution in [1.82, 2.24) is 5.32 Å². The summed E-state index contributed by atoms with van der Waals surface area (Å²) in [6, 6.07) is 8.99. The number of rotatable bonds is 8. The Bertz CT molecular complexity index is 316. The van der Waals surface area contributed by atoms with Gasteiger partial charge in [0.15, 0.2) is 0 Å². The van der Waals surface area contributed by atoms with Crippen LogP contribution in [-0.4, -0.2) is 13.2 Å². The fraction of sp³-hybridized carbons (Fsp3) is 0.625. The molecular formula is C16H27NO. The average Bonchev–Trinajstić information content (AvgIpc) is 2.40. The highest BCUT2D eigenvalue weighted by molar-refractivity contribution is 5.29. The van der Waals surface area contributed by atoms with Crippen molar-refractivity contribution in [2.24, 2.45) is 5.92 Å². The summed E-state index contributed by atoms with van der Waals surface area (Å²) < 4.78 is 5.49. The largest absolute Gasteiger partial charge is 0.494 e. The number of ether oxygens (including phenoxy) is 1. The monoisotopic (exact) mass is 249 g/mol. The van der Waals surface area contributed by atoms with Crippen LogP contribution in [0.4, 0.5) is 0 Å². The first kappa shape index (κ1) is 15.0. The van der Waals surface area contributed by atoms with Crippen molar-refractivity contribution in [2.75, 3.05) is 13.2 Å². The molecule has 102 valence electrons. The lowest BCUT2D eigenvalue weighted by molar-refractivity contribution is 0.336. The Hall–Kier alpha value is -1.02. The first-order chi connectivity index (χ1) is 8.76. The van der Waals surface area contributed by atoms with E-state index in [0.29, 0.717) is 12.0 Å². The highest BCUT2D eigenvalue weighted by Gasteiger charge is 2.19. The van der Waals surface area contributed by atoms with E-state index in [9.17, 15) is 0 Å². The van der Waals surface area contributed by atoms with Gasteiger partial charge in [-0.15, -0.1) is 0 Å². The summed E-state index contributed by atoms with van der Waals surface area (Å²) in [5, 5.41) is 3.61. The Morgan fingerprint density at radius 2 is 1.61 bits per heavy atom. The molecule has 18 heavy (non-hydrogen) atoms. The number of benzene rings is 1. The fourth-order valence-electron chi connectivity index (χ4n) is 2.47. The summed E-state index contributed by atoms with van der Waals surface area (Å²) in [6.45, 7) is 10.5. The normalized spacial score (nSPS) is 12.7. The van der Waals surface area contributed by atoms with Crippen LogP contribution in [0.5, 0.6) is 5.75 Å². The van der Waals surface area contributed by atoms with E-state index in [1.165, 1.54) is 18.4 Å². The van der Waals surface area contributed by atoms with Crippen molar-refractivity contribution < 1.29 is 4.74 Å². The molecule has 0 bridgehead atoms. The number of hydrogen-bond donors (Lipinski definition) is 1. The van der Waals surface area contributed by atoms with E-state index in [4.69, 9.17) is 4.74 Å². The Kier molecular flexibility index (Phi) is 6.81. The minimum Gasteiger partial charge on any atom is -0.494 e. The molecule has 0 radical (unpaired) electrons. The molecule has 0 heterocycles. The van der Waals surface area contributed by atoms with Crippen molar-refractivity contribution in [2.45, 2.75) is 46.6 Å². The molecule has 0 saturated heterocycles. The maximum atomic E-state index is 5.49. The van der Waals surface area contributed by atoms with Gasteiger partial charge in [-0.3, -0.25) is 0 Å². The number of hydrogen-bond acceptors (Lipinski definition) is 2. The maximum absolute atomic E-state index is 5.49. The molecule has 0 aliphatic rings. The van der Waals surface area contributed by atoms with Crippen LogP contribution in [-0.2, 0) is 0 Å². The van der Waals surface area contributed by atoms with E-state index in [-0.39, 0.29) is 0 Å². The minimum absolute atomic E-state index is 0.459. The molecule has 0 amide bonds. The lowest BCUT2D eigenvalue weighted by Crippen LogP contribution is -2.27. The molecule has 0 spiro atoms. The van der Waals surface area contributed by atoms with Crippen LogP contribution in [0.3, 0.4) is 0 Å². The molecule has 0 aromatic heterocycles. The van der Waals surface area contributed by atoms with Crippen LogP contribution < -0.4 is 10.1 Å². The fourth-order valence-corrected chi connectivity index (χ4v) is 2.47. The second-order valence-corrected chi connectivity index (χ2v) is 4.61. The van der Waals surface area contributed by atoms with Crippen molar-refractivity contribution in [3.8, 4) is 5.75 Å². The van der Waals surface area contributed by atoms with Crippen LogP contribution in [0, 0.1) is 5.92 Å². The molecule has 2 heteroatoms. The summed E-state index contributed by atoms with van der Waals surface area (Å²) in [5.41, 5.74) is 1.37. The zero-order valence-corrected chi connectivity index (χ0v) is 12.2. The molecule has 1 unspecified atom stereocenters. The summed E-state index contributed by atoms with van der Waals surface area (Å²) in [6.07, 6.45) is 2.42. The highest BCUT2D eigenvalue weighted by Crippen LogP contribution is 2.28. The SMILES string of the molecule is CCNC(c1ccc(OCC)cc1)C(CC)CC. The lowest BCUT2D eigenvalue weighted by atomic mass is 9.89. The molecule has 0 aliphatic carbocycles. The van der Waals surface area contributed by atoms with Crippen LogP contribution in [0.25, 0.3) is 0 Å². The van der Waals surface area contributed by atoms with E-state index >= 15 is 0 Å². The third kappa shape index (κ3) is 4.02. The molecule has 1 rings (SSSR count). The molecule has 2 nitrogen and oxygen atoms in total. The standard InChI is InChI=1S/C16H27NO/c1-5-13(6-2)16(17-7-3)14-9-11-15(12-10-14)18-8-4/h9-13,16-17H,5-8H2,1-4H3. The van der Waals surface area contributed by atoms with Gasteiger partial charge in [0.25, 0.3) is 0 Å². The van der Waals surface area contributed by atoms with Gasteiger partial charge in [-0.2, -0.15) is 0 Å². The van der Waals surface area contributed by atoms with Crippen molar-refractivity contribution in [1.29, 1.82) is 0 Å². The minimum atomic E-state index is 0.459. The van der Waals surface area contributed by atoms with Crippen molar-refractivity contribution in [3.05, 3.63) is 29.8 Å². The highest BCUT2D eigenvalue weighted by atomic mass is 16.5. The van der Waals surface area contributed by atoms with Gasteiger partial charge in [0.05, 0.1) is 6.61 Å². The molecule has 1 N–H and O–H groups in total. The van der Waals surface area contributed by atoms with Gasteiger partial charge in [-0.1, -0.05) is 45.7 Å². The Morgan fingerprint density at radius 1 is 1.00 bits per heavy atom. The zero-order chi connectivity index (χ0) is 13.4. The maximum Gasteiger partial charge on any atom is 0.119 e. The van der Waals surface area contributed by atoms with Crippen LogP contribution >= 0.6 is 0 Å². The third-order valence-corrected chi connectivity index (χ3v) is 3.49. The van der Waals surface area contributed by atoms with Crippen LogP contribution in [0.1, 0.15) is 52.1 Å². The average molecular weight is 249 g/mol. The predicted octanol–water partition coefficient (Wildman–Crippen LogP) is 4.17. The molecular weight excluding hydrogens is 222 g/mol. The molecule has 0 aliphatic heterocycles. The summed E-state index contributed by atoms with van der Waals surface area (Å²) >= 11 is 0. The topological polar surface area (TPSA) is 21.3 Å². The first-order valence-electron chi connectivity index (χ1n) is 7.22. The summed E-state index contributed by atoms with van der Waals surface area (Å²) in [7, 11) is 0. The molecule has 1 aromatic carbocycles. The quantitative estimate of drug-likeness (QED) is 0.746. The van der Waals surface area contributed by atoms with Gasteiger partial charge >= 0.3 is 0 Å². The van der Waals surface area contributed by atoms with E-state index in [1.807, 2.05) is 6.92 Å². The van der Waals surface area contributed by atoms with Gasteiger partial charge in [-0.05, 0) is 37.1 Å². The smallest absolute Gasteiger partial charge is 0.119 e. The predicted molar refractivity (Wildman–Crippen MR) is 78.1 cm³/mol. The van der Waals surface area contributed by atoms with Gasteiger partial charge in [0, 0.05) is 6.04 Å². The van der Waals surface area contributed by atoms with Crippen LogP contribution in [0.2, 0.25) is 0 Å². The molecule has 1 atom stereocenters. The van der Waals surface area contributed by atoms with Crippen LogP contribution in [0.15, 0.2) is 24.3 Å². The van der Waals surface area contributed by atoms with Crippen molar-refractivity contribution in [3.63, 3.8) is 0 Å². The Balaban J connectivity index is 2.84.